The van der Waals surface area contributed by atoms with E-state index < -0.39 is 11.7 Å². The highest BCUT2D eigenvalue weighted by Crippen LogP contribution is 2.31. The molecule has 1 fully saturated rings. The van der Waals surface area contributed by atoms with Gasteiger partial charge in [0.05, 0.1) is 11.4 Å². The van der Waals surface area contributed by atoms with Crippen LogP contribution in [0.15, 0.2) is 24.3 Å². The first-order valence-corrected chi connectivity index (χ1v) is 6.59. The Morgan fingerprint density at radius 2 is 2.05 bits per heavy atom. The van der Waals surface area contributed by atoms with Crippen LogP contribution in [0.25, 0.3) is 0 Å². The van der Waals surface area contributed by atoms with Gasteiger partial charge >= 0.3 is 6.18 Å². The smallest absolute Gasteiger partial charge is 0.388 e. The molecule has 3 N–H and O–H groups in total. The minimum Gasteiger partial charge on any atom is -0.388 e. The molecule has 0 bridgehead atoms. The van der Waals surface area contributed by atoms with Gasteiger partial charge in [-0.15, -0.1) is 0 Å². The molecule has 1 aromatic carbocycles. The maximum atomic E-state index is 12.7. The second-order valence-electron chi connectivity index (χ2n) is 5.18. The second-order valence-corrected chi connectivity index (χ2v) is 5.18. The Hall–Kier alpha value is -1.56. The van der Waals surface area contributed by atoms with E-state index in [1.54, 1.807) is 6.07 Å². The summed E-state index contributed by atoms with van der Waals surface area (Å²) in [4.78, 5) is 2.11. The first kappa shape index (κ1) is 14.8. The van der Waals surface area contributed by atoms with Crippen LogP contribution in [0.5, 0.6) is 0 Å². The van der Waals surface area contributed by atoms with Crippen molar-refractivity contribution in [3.05, 3.63) is 35.4 Å². The molecule has 0 aromatic heterocycles. The van der Waals surface area contributed by atoms with Gasteiger partial charge in [0.1, 0.15) is 0 Å². The average Bonchev–Trinajstić information content (AvgIpc) is 3.18. The predicted octanol–water partition coefficient (Wildman–Crippen LogP) is 3.00. The van der Waals surface area contributed by atoms with E-state index in [1.165, 1.54) is 12.1 Å². The predicted molar refractivity (Wildman–Crippen MR) is 71.4 cm³/mol. The van der Waals surface area contributed by atoms with Crippen molar-refractivity contribution in [2.75, 3.05) is 6.54 Å². The van der Waals surface area contributed by atoms with Gasteiger partial charge in [-0.25, -0.2) is 0 Å². The molecule has 0 aliphatic heterocycles. The van der Waals surface area contributed by atoms with Crippen LogP contribution >= 0.6 is 0 Å². The highest BCUT2D eigenvalue weighted by molar-refractivity contribution is 5.76. The van der Waals surface area contributed by atoms with Gasteiger partial charge in [0.15, 0.2) is 0 Å². The summed E-state index contributed by atoms with van der Waals surface area (Å²) in [6, 6.07) is 5.85. The molecule has 0 atom stereocenters. The molecule has 3 nitrogen and oxygen atoms in total. The molecule has 1 saturated carbocycles. The summed E-state index contributed by atoms with van der Waals surface area (Å²) < 4.78 is 38.0. The maximum Gasteiger partial charge on any atom is 0.416 e. The fourth-order valence-electron chi connectivity index (χ4n) is 2.17. The van der Waals surface area contributed by atoms with Crippen molar-refractivity contribution in [3.8, 4) is 0 Å². The van der Waals surface area contributed by atoms with Crippen molar-refractivity contribution in [2.24, 2.45) is 5.73 Å². The minimum absolute atomic E-state index is 0.111. The minimum atomic E-state index is -4.31. The van der Waals surface area contributed by atoms with Crippen LogP contribution in [-0.2, 0) is 12.7 Å². The molecular weight excluding hydrogens is 267 g/mol. The van der Waals surface area contributed by atoms with Gasteiger partial charge in [-0.2, -0.15) is 13.2 Å². The lowest BCUT2D eigenvalue weighted by Crippen LogP contribution is -2.29. The lowest BCUT2D eigenvalue weighted by Gasteiger charge is -2.22. The molecule has 20 heavy (non-hydrogen) atoms. The van der Waals surface area contributed by atoms with Gasteiger partial charge in [-0.05, 0) is 24.5 Å². The molecule has 0 unspecified atom stereocenters. The molecule has 0 heterocycles. The van der Waals surface area contributed by atoms with E-state index in [4.69, 9.17) is 11.1 Å². The number of rotatable bonds is 6. The third-order valence-electron chi connectivity index (χ3n) is 3.37. The Labute approximate surface area is 116 Å². The van der Waals surface area contributed by atoms with Gasteiger partial charge < -0.3 is 5.73 Å². The molecule has 2 rings (SSSR count). The summed E-state index contributed by atoms with van der Waals surface area (Å²) >= 11 is 0. The topological polar surface area (TPSA) is 53.1 Å². The highest BCUT2D eigenvalue weighted by Gasteiger charge is 2.32. The Morgan fingerprint density at radius 3 is 2.60 bits per heavy atom. The highest BCUT2D eigenvalue weighted by atomic mass is 19.4. The fourth-order valence-corrected chi connectivity index (χ4v) is 2.17. The number of amidine groups is 1. The zero-order valence-electron chi connectivity index (χ0n) is 11.1. The molecule has 0 radical (unpaired) electrons. The molecule has 0 spiro atoms. The van der Waals surface area contributed by atoms with Crippen molar-refractivity contribution in [1.29, 1.82) is 5.41 Å². The number of nitrogens with one attached hydrogen (secondary N) is 1. The summed E-state index contributed by atoms with van der Waals surface area (Å²) in [6.07, 6.45) is -1.72. The molecule has 0 amide bonds. The monoisotopic (exact) mass is 285 g/mol. The third kappa shape index (κ3) is 4.23. The Kier molecular flexibility index (Phi) is 4.32. The fraction of sp³-hybridized carbons (Fsp3) is 0.500. The number of hydrogen-bond donors (Lipinski definition) is 2. The Morgan fingerprint density at radius 1 is 1.35 bits per heavy atom. The molecule has 110 valence electrons. The van der Waals surface area contributed by atoms with Gasteiger partial charge in [-0.3, -0.25) is 10.3 Å². The summed E-state index contributed by atoms with van der Waals surface area (Å²) in [6.45, 7) is 1.10. The van der Waals surface area contributed by atoms with Crippen molar-refractivity contribution < 1.29 is 13.2 Å². The standard InChI is InChI=1S/C14H18F3N3/c15-14(16,17)11-3-1-2-10(8-11)9-20(12-4-5-12)7-6-13(18)19/h1-3,8,12H,4-7,9H2,(H3,18,19). The first-order chi connectivity index (χ1) is 9.36. The number of hydrogen-bond acceptors (Lipinski definition) is 2. The number of alkyl halides is 3. The number of nitrogens with two attached hydrogens (primary N) is 1. The number of halogens is 3. The zero-order valence-corrected chi connectivity index (χ0v) is 11.1. The molecule has 1 aliphatic rings. The Bertz CT molecular complexity index is 481. The Balaban J connectivity index is 2.04. The average molecular weight is 285 g/mol. The van der Waals surface area contributed by atoms with Crippen LogP contribution in [0.3, 0.4) is 0 Å². The summed E-state index contributed by atoms with van der Waals surface area (Å²) in [7, 11) is 0. The molecular formula is C14H18F3N3. The normalized spacial score (nSPS) is 15.6. The summed E-state index contributed by atoms with van der Waals surface area (Å²) in [5.74, 6) is 0.111. The molecule has 0 saturated heterocycles. The van der Waals surface area contributed by atoms with E-state index in [-0.39, 0.29) is 5.84 Å². The van der Waals surface area contributed by atoms with Crippen molar-refractivity contribution in [1.82, 2.24) is 4.90 Å². The lowest BCUT2D eigenvalue weighted by atomic mass is 10.1. The van der Waals surface area contributed by atoms with E-state index >= 15 is 0 Å². The van der Waals surface area contributed by atoms with Crippen LogP contribution in [0.1, 0.15) is 30.4 Å². The van der Waals surface area contributed by atoms with Crippen LogP contribution in [0.2, 0.25) is 0 Å². The van der Waals surface area contributed by atoms with Gasteiger partial charge in [-0.1, -0.05) is 18.2 Å². The van der Waals surface area contributed by atoms with Crippen molar-refractivity contribution >= 4 is 5.84 Å². The lowest BCUT2D eigenvalue weighted by molar-refractivity contribution is -0.137. The maximum absolute atomic E-state index is 12.7. The van der Waals surface area contributed by atoms with E-state index in [0.29, 0.717) is 31.1 Å². The van der Waals surface area contributed by atoms with Crippen molar-refractivity contribution in [2.45, 2.75) is 38.0 Å². The van der Waals surface area contributed by atoms with Gasteiger partial charge in [0.2, 0.25) is 0 Å². The zero-order chi connectivity index (χ0) is 14.8. The largest absolute Gasteiger partial charge is 0.416 e. The number of benzene rings is 1. The first-order valence-electron chi connectivity index (χ1n) is 6.59. The van der Waals surface area contributed by atoms with Gasteiger partial charge in [0, 0.05) is 25.6 Å². The van der Waals surface area contributed by atoms with Crippen LogP contribution in [0, 0.1) is 5.41 Å². The van der Waals surface area contributed by atoms with E-state index in [9.17, 15) is 13.2 Å². The molecule has 6 heteroatoms. The number of nitrogens with zero attached hydrogens (tertiary/aromatic N) is 1. The van der Waals surface area contributed by atoms with Crippen molar-refractivity contribution in [3.63, 3.8) is 0 Å². The quantitative estimate of drug-likeness (QED) is 0.623. The second kappa shape index (κ2) is 5.83. The van der Waals surface area contributed by atoms with E-state index in [1.807, 2.05) is 0 Å². The molecule has 1 aromatic rings. The summed E-state index contributed by atoms with van der Waals surface area (Å²) in [5, 5.41) is 7.25. The summed E-state index contributed by atoms with van der Waals surface area (Å²) in [5.41, 5.74) is 5.38. The molecule has 1 aliphatic carbocycles. The van der Waals surface area contributed by atoms with Gasteiger partial charge in [0.25, 0.3) is 0 Å². The third-order valence-corrected chi connectivity index (χ3v) is 3.37. The SMILES string of the molecule is N=C(N)CCN(Cc1cccc(C(F)(F)F)c1)C1CC1. The van der Waals surface area contributed by atoms with Crippen LogP contribution < -0.4 is 5.73 Å². The van der Waals surface area contributed by atoms with E-state index in [2.05, 4.69) is 4.90 Å². The van der Waals surface area contributed by atoms with Crippen LogP contribution in [0.4, 0.5) is 13.2 Å². The van der Waals surface area contributed by atoms with E-state index in [0.717, 1.165) is 18.9 Å². The van der Waals surface area contributed by atoms with Crippen LogP contribution in [-0.4, -0.2) is 23.3 Å².